The molecule has 5 fully saturated rings. The summed E-state index contributed by atoms with van der Waals surface area (Å²) < 4.78 is 0. The molecule has 8 atom stereocenters. The number of aliphatic hydroxyl groups is 2. The van der Waals surface area contributed by atoms with Crippen molar-refractivity contribution in [3.8, 4) is 0 Å². The molecule has 34 heavy (non-hydrogen) atoms. The van der Waals surface area contributed by atoms with Crippen LogP contribution in [0.4, 0.5) is 0 Å². The third kappa shape index (κ3) is 2.87. The van der Waals surface area contributed by atoms with E-state index in [0.717, 1.165) is 51.2 Å². The zero-order valence-electron chi connectivity index (χ0n) is 22.5. The third-order valence-electron chi connectivity index (χ3n) is 12.7. The van der Waals surface area contributed by atoms with Gasteiger partial charge < -0.3 is 10.2 Å². The van der Waals surface area contributed by atoms with Gasteiger partial charge in [0.2, 0.25) is 0 Å². The van der Waals surface area contributed by atoms with Crippen molar-refractivity contribution < 1.29 is 19.8 Å². The molecule has 0 aromatic rings. The van der Waals surface area contributed by atoms with Crippen LogP contribution in [-0.2, 0) is 9.59 Å². The van der Waals surface area contributed by atoms with E-state index in [4.69, 9.17) is 0 Å². The Kier molecular flexibility index (Phi) is 5.04. The molecule has 0 aliphatic heterocycles. The van der Waals surface area contributed by atoms with E-state index < -0.39 is 11.0 Å². The number of allylic oxidation sites excluding steroid dienone is 1. The lowest BCUT2D eigenvalue weighted by Crippen LogP contribution is -2.70. The van der Waals surface area contributed by atoms with E-state index >= 15 is 0 Å². The first-order valence-electron chi connectivity index (χ1n) is 13.7. The molecule has 0 spiro atoms. The summed E-state index contributed by atoms with van der Waals surface area (Å²) in [4.78, 5) is 27.4. The molecule has 0 aromatic heterocycles. The molecule has 0 amide bonds. The van der Waals surface area contributed by atoms with E-state index in [1.54, 1.807) is 0 Å². The van der Waals surface area contributed by atoms with E-state index in [-0.39, 0.29) is 51.1 Å². The highest BCUT2D eigenvalue weighted by atomic mass is 16.3. The van der Waals surface area contributed by atoms with Gasteiger partial charge in [0.25, 0.3) is 0 Å². The number of hydrogen-bond donors (Lipinski definition) is 2. The second-order valence-corrected chi connectivity index (χ2v) is 15.1. The van der Waals surface area contributed by atoms with Gasteiger partial charge in [-0.05, 0) is 90.8 Å². The van der Waals surface area contributed by atoms with E-state index in [1.165, 1.54) is 0 Å². The van der Waals surface area contributed by atoms with Gasteiger partial charge in [-0.1, -0.05) is 48.5 Å². The second-order valence-electron chi connectivity index (χ2n) is 15.1. The fourth-order valence-corrected chi connectivity index (χ4v) is 10.6. The maximum Gasteiger partial charge on any atom is 0.167 e. The van der Waals surface area contributed by atoms with Crippen LogP contribution in [0.3, 0.4) is 0 Å². The van der Waals surface area contributed by atoms with E-state index in [0.29, 0.717) is 24.2 Å². The Balaban J connectivity index is 1.60. The average molecular weight is 471 g/mol. The summed E-state index contributed by atoms with van der Waals surface area (Å²) in [5.41, 5.74) is -0.945. The first-order valence-corrected chi connectivity index (χ1v) is 13.7. The van der Waals surface area contributed by atoms with Crippen molar-refractivity contribution in [3.63, 3.8) is 0 Å². The van der Waals surface area contributed by atoms with Crippen LogP contribution in [0.5, 0.6) is 0 Å². The summed E-state index contributed by atoms with van der Waals surface area (Å²) in [6, 6.07) is 0. The van der Waals surface area contributed by atoms with Gasteiger partial charge >= 0.3 is 0 Å². The number of carbonyl (C=O) groups excluding carboxylic acids is 2. The molecular weight excluding hydrogens is 424 g/mol. The Morgan fingerprint density at radius 2 is 1.50 bits per heavy atom. The van der Waals surface area contributed by atoms with Gasteiger partial charge in [0.15, 0.2) is 5.78 Å². The molecule has 0 aromatic carbocycles. The number of carbonyl (C=O) groups is 2. The minimum absolute atomic E-state index is 0.0310. The second kappa shape index (κ2) is 6.99. The lowest BCUT2D eigenvalue weighted by atomic mass is 9.32. The van der Waals surface area contributed by atoms with Crippen LogP contribution in [-0.4, -0.2) is 27.4 Å². The van der Waals surface area contributed by atoms with Crippen molar-refractivity contribution in [2.75, 3.05) is 0 Å². The summed E-state index contributed by atoms with van der Waals surface area (Å²) in [5.74, 6) is 0.756. The van der Waals surface area contributed by atoms with Gasteiger partial charge in [0.05, 0.1) is 11.9 Å². The quantitative estimate of drug-likeness (QED) is 0.317. The standard InChI is InChI=1S/C30H46O4/c1-25(2)10-12-30(34)13-11-29(7)23(19(30)16-25)20(32)14-22-27(5)15-18(17-31)24(33)26(3,4)21(27)8-9-28(22,29)6/h17,19,21-23,31,34H,8-16H2,1-7H3/b18-17+/t19?,21-,22+,23?,27-,28+,29+,30-/m0/s1. The van der Waals surface area contributed by atoms with Crippen molar-refractivity contribution in [2.45, 2.75) is 112 Å². The van der Waals surface area contributed by atoms with Crippen molar-refractivity contribution in [1.29, 1.82) is 0 Å². The highest BCUT2D eigenvalue weighted by Crippen LogP contribution is 2.75. The van der Waals surface area contributed by atoms with Crippen LogP contribution in [0, 0.1) is 50.7 Å². The summed E-state index contributed by atoms with van der Waals surface area (Å²) in [6.45, 7) is 15.8. The fourth-order valence-electron chi connectivity index (χ4n) is 10.6. The Labute approximate surface area is 206 Å². The summed E-state index contributed by atoms with van der Waals surface area (Å²) in [7, 11) is 0. The number of aliphatic hydroxyl groups excluding tert-OH is 1. The highest BCUT2D eigenvalue weighted by Gasteiger charge is 2.72. The molecule has 5 rings (SSSR count). The Morgan fingerprint density at radius 3 is 2.15 bits per heavy atom. The molecular formula is C30H46O4. The average Bonchev–Trinajstić information content (AvgIpc) is 2.74. The first-order chi connectivity index (χ1) is 15.6. The number of rotatable bonds is 0. The van der Waals surface area contributed by atoms with Gasteiger partial charge in [0.1, 0.15) is 5.78 Å². The number of Topliss-reactive ketones (excluding diaryl/α,β-unsaturated/α-hetero) is 2. The summed E-state index contributed by atoms with van der Waals surface area (Å²) >= 11 is 0. The van der Waals surface area contributed by atoms with Crippen molar-refractivity contribution in [3.05, 3.63) is 11.8 Å². The van der Waals surface area contributed by atoms with Gasteiger partial charge in [-0.15, -0.1) is 0 Å². The fraction of sp³-hybridized carbons (Fsp3) is 0.867. The lowest BCUT2D eigenvalue weighted by Gasteiger charge is -2.72. The number of ketones is 2. The summed E-state index contributed by atoms with van der Waals surface area (Å²) in [5, 5.41) is 21.7. The van der Waals surface area contributed by atoms with E-state index in [2.05, 4.69) is 34.6 Å². The molecule has 4 heteroatoms. The van der Waals surface area contributed by atoms with E-state index in [1.807, 2.05) is 13.8 Å². The minimum atomic E-state index is -0.703. The molecule has 4 nitrogen and oxygen atoms in total. The van der Waals surface area contributed by atoms with Crippen molar-refractivity contribution >= 4 is 11.6 Å². The molecule has 0 bridgehead atoms. The maximum atomic E-state index is 14.2. The van der Waals surface area contributed by atoms with E-state index in [9.17, 15) is 19.8 Å². The molecule has 0 saturated heterocycles. The van der Waals surface area contributed by atoms with Crippen molar-refractivity contribution in [1.82, 2.24) is 0 Å². The maximum absolute atomic E-state index is 14.2. The predicted octanol–water partition coefficient (Wildman–Crippen LogP) is 6.41. The monoisotopic (exact) mass is 470 g/mol. The summed E-state index contributed by atoms with van der Waals surface area (Å²) in [6.07, 6.45) is 8.61. The lowest BCUT2D eigenvalue weighted by molar-refractivity contribution is -0.243. The van der Waals surface area contributed by atoms with Crippen LogP contribution in [0.2, 0.25) is 0 Å². The van der Waals surface area contributed by atoms with Gasteiger partial charge in [0, 0.05) is 23.3 Å². The molecule has 2 N–H and O–H groups in total. The Morgan fingerprint density at radius 1 is 0.853 bits per heavy atom. The minimum Gasteiger partial charge on any atom is -0.515 e. The molecule has 190 valence electrons. The molecule has 0 radical (unpaired) electrons. The zero-order valence-corrected chi connectivity index (χ0v) is 22.5. The van der Waals surface area contributed by atoms with Gasteiger partial charge in [-0.2, -0.15) is 0 Å². The zero-order chi connectivity index (χ0) is 25.1. The first kappa shape index (κ1) is 24.5. The molecule has 5 aliphatic carbocycles. The number of fused-ring (bicyclic) bond motifs is 7. The smallest absolute Gasteiger partial charge is 0.167 e. The van der Waals surface area contributed by atoms with Crippen LogP contribution in [0.1, 0.15) is 106 Å². The highest BCUT2D eigenvalue weighted by molar-refractivity contribution is 6.00. The van der Waals surface area contributed by atoms with Gasteiger partial charge in [-0.3, -0.25) is 9.59 Å². The Hall–Kier alpha value is -1.16. The molecule has 5 saturated carbocycles. The predicted molar refractivity (Wildman–Crippen MR) is 133 cm³/mol. The van der Waals surface area contributed by atoms with Crippen molar-refractivity contribution in [2.24, 2.45) is 50.7 Å². The van der Waals surface area contributed by atoms with Crippen LogP contribution >= 0.6 is 0 Å². The third-order valence-corrected chi connectivity index (χ3v) is 12.7. The topological polar surface area (TPSA) is 74.6 Å². The normalized spacial score (nSPS) is 52.9. The van der Waals surface area contributed by atoms with Crippen LogP contribution < -0.4 is 0 Å². The van der Waals surface area contributed by atoms with Crippen LogP contribution in [0.15, 0.2) is 11.8 Å². The Bertz CT molecular complexity index is 961. The molecule has 0 heterocycles. The van der Waals surface area contributed by atoms with Gasteiger partial charge in [-0.25, -0.2) is 0 Å². The number of hydrogen-bond acceptors (Lipinski definition) is 4. The molecule has 2 unspecified atom stereocenters. The largest absolute Gasteiger partial charge is 0.515 e. The SMILES string of the molecule is CC1(C)CC[C@]2(O)CC[C@]3(C)C(C(=O)C[C@@H]4[C@@]5(C)C/C(=C\O)C(=O)C(C)(C)[C@@H]5CC[C@]43C)C2C1. The molecule has 5 aliphatic rings. The van der Waals surface area contributed by atoms with Crippen LogP contribution in [0.25, 0.3) is 0 Å².